The number of nitrogens with one attached hydrogen (secondary N) is 1. The highest BCUT2D eigenvalue weighted by Crippen LogP contribution is 2.14. The van der Waals surface area contributed by atoms with Crippen molar-refractivity contribution in [2.45, 2.75) is 13.5 Å². The number of hydrogen-bond donors (Lipinski definition) is 1. The summed E-state index contributed by atoms with van der Waals surface area (Å²) in [6.45, 7) is 1.67. The van der Waals surface area contributed by atoms with Gasteiger partial charge in [-0.15, -0.1) is 0 Å². The van der Waals surface area contributed by atoms with Crippen LogP contribution in [0.2, 0.25) is 0 Å². The molecule has 0 atom stereocenters. The zero-order valence-electron chi connectivity index (χ0n) is 10.4. The molecule has 0 radical (unpaired) electrons. The Morgan fingerprint density at radius 3 is 2.95 bits per heavy atom. The number of benzene rings is 1. The molecule has 0 spiro atoms. The lowest BCUT2D eigenvalue weighted by Crippen LogP contribution is -2.28. The van der Waals surface area contributed by atoms with E-state index in [0.717, 1.165) is 0 Å². The summed E-state index contributed by atoms with van der Waals surface area (Å²) in [6, 6.07) is 5.90. The molecule has 1 aromatic carbocycles. The third-order valence-electron chi connectivity index (χ3n) is 2.30. The maximum atomic E-state index is 13.2. The van der Waals surface area contributed by atoms with E-state index in [9.17, 15) is 9.18 Å². The van der Waals surface area contributed by atoms with Crippen LogP contribution in [-0.2, 0) is 11.3 Å². The summed E-state index contributed by atoms with van der Waals surface area (Å²) in [5.41, 5.74) is 0. The molecule has 1 aromatic heterocycles. The zero-order chi connectivity index (χ0) is 13.7. The third kappa shape index (κ3) is 3.80. The number of hydrogen-bond acceptors (Lipinski definition) is 4. The number of carbonyl (C=O) groups is 1. The van der Waals surface area contributed by atoms with Crippen LogP contribution in [0, 0.1) is 12.7 Å². The summed E-state index contributed by atoms with van der Waals surface area (Å²) in [7, 11) is 0. The van der Waals surface area contributed by atoms with Gasteiger partial charge in [-0.05, 0) is 19.1 Å². The van der Waals surface area contributed by atoms with E-state index in [1.54, 1.807) is 25.3 Å². The highest BCUT2D eigenvalue weighted by Gasteiger charge is 2.07. The van der Waals surface area contributed by atoms with Crippen molar-refractivity contribution in [3.8, 4) is 5.75 Å². The number of amides is 1. The highest BCUT2D eigenvalue weighted by atomic mass is 19.1. The Hall–Kier alpha value is -2.37. The minimum absolute atomic E-state index is 0.0459. The molecule has 1 heterocycles. The van der Waals surface area contributed by atoms with Crippen molar-refractivity contribution in [2.75, 3.05) is 6.61 Å². The lowest BCUT2D eigenvalue weighted by Gasteiger charge is -2.06. The normalized spacial score (nSPS) is 10.2. The predicted octanol–water partition coefficient (Wildman–Crippen LogP) is 1.82. The fourth-order valence-corrected chi connectivity index (χ4v) is 1.41. The fourth-order valence-electron chi connectivity index (χ4n) is 1.41. The Kier molecular flexibility index (Phi) is 4.12. The minimum Gasteiger partial charge on any atom is -0.481 e. The van der Waals surface area contributed by atoms with Gasteiger partial charge < -0.3 is 14.5 Å². The van der Waals surface area contributed by atoms with Crippen LogP contribution in [0.3, 0.4) is 0 Å². The molecule has 2 aromatic rings. The third-order valence-corrected chi connectivity index (χ3v) is 2.30. The number of halogens is 1. The zero-order valence-corrected chi connectivity index (χ0v) is 10.4. The number of nitrogens with zero attached hydrogens (tertiary/aromatic N) is 1. The van der Waals surface area contributed by atoms with E-state index in [2.05, 4.69) is 10.3 Å². The Balaban J connectivity index is 1.77. The van der Waals surface area contributed by atoms with Gasteiger partial charge in [0.2, 0.25) is 5.89 Å². The van der Waals surface area contributed by atoms with Crippen LogP contribution in [0.4, 0.5) is 4.39 Å². The number of aryl methyl sites for hydroxylation is 1. The quantitative estimate of drug-likeness (QED) is 0.894. The van der Waals surface area contributed by atoms with Crippen LogP contribution >= 0.6 is 0 Å². The predicted molar refractivity (Wildman–Crippen MR) is 65.0 cm³/mol. The van der Waals surface area contributed by atoms with Crippen LogP contribution in [0.1, 0.15) is 11.7 Å². The largest absolute Gasteiger partial charge is 0.481 e. The van der Waals surface area contributed by atoms with Crippen molar-refractivity contribution in [1.29, 1.82) is 0 Å². The molecule has 0 bridgehead atoms. The molecule has 0 fully saturated rings. The number of carbonyl (C=O) groups excluding carboxylic acids is 1. The van der Waals surface area contributed by atoms with Crippen molar-refractivity contribution in [3.63, 3.8) is 0 Å². The molecular weight excluding hydrogens is 251 g/mol. The second-order valence-corrected chi connectivity index (χ2v) is 3.86. The molecule has 0 aliphatic rings. The van der Waals surface area contributed by atoms with E-state index < -0.39 is 5.82 Å². The maximum absolute atomic E-state index is 13.2. The van der Waals surface area contributed by atoms with Gasteiger partial charge in [0.15, 0.2) is 18.2 Å². The van der Waals surface area contributed by atoms with Crippen LogP contribution in [0.15, 0.2) is 34.9 Å². The SMILES string of the molecule is Cc1cnc(CNC(=O)COc2ccccc2F)o1. The van der Waals surface area contributed by atoms with E-state index in [1.807, 2.05) is 0 Å². The van der Waals surface area contributed by atoms with Crippen LogP contribution in [0.25, 0.3) is 0 Å². The van der Waals surface area contributed by atoms with Gasteiger partial charge in [-0.3, -0.25) is 4.79 Å². The molecule has 100 valence electrons. The first-order valence-corrected chi connectivity index (χ1v) is 5.70. The van der Waals surface area contributed by atoms with E-state index >= 15 is 0 Å². The molecular formula is C13H13FN2O3. The average molecular weight is 264 g/mol. The van der Waals surface area contributed by atoms with Gasteiger partial charge in [0.1, 0.15) is 5.76 Å². The van der Waals surface area contributed by atoms with Gasteiger partial charge >= 0.3 is 0 Å². The molecule has 0 saturated carbocycles. The lowest BCUT2D eigenvalue weighted by molar-refractivity contribution is -0.123. The monoisotopic (exact) mass is 264 g/mol. The molecule has 6 heteroatoms. The molecule has 19 heavy (non-hydrogen) atoms. The number of aromatic nitrogens is 1. The van der Waals surface area contributed by atoms with Gasteiger partial charge in [-0.2, -0.15) is 0 Å². The highest BCUT2D eigenvalue weighted by molar-refractivity contribution is 5.77. The second kappa shape index (κ2) is 5.99. The van der Waals surface area contributed by atoms with Crippen LogP contribution < -0.4 is 10.1 Å². The maximum Gasteiger partial charge on any atom is 0.258 e. The smallest absolute Gasteiger partial charge is 0.258 e. The molecule has 0 saturated heterocycles. The van der Waals surface area contributed by atoms with Gasteiger partial charge in [-0.25, -0.2) is 9.37 Å². The van der Waals surface area contributed by atoms with E-state index in [-0.39, 0.29) is 24.8 Å². The topological polar surface area (TPSA) is 64.4 Å². The molecule has 0 unspecified atom stereocenters. The summed E-state index contributed by atoms with van der Waals surface area (Å²) in [4.78, 5) is 15.4. The Bertz CT molecular complexity index is 569. The summed E-state index contributed by atoms with van der Waals surface area (Å²) in [5.74, 6) is 0.256. The van der Waals surface area contributed by atoms with Gasteiger partial charge in [0, 0.05) is 0 Å². The number of para-hydroxylation sites is 1. The van der Waals surface area contributed by atoms with Crippen molar-refractivity contribution in [1.82, 2.24) is 10.3 Å². The first kappa shape index (κ1) is 13.1. The van der Waals surface area contributed by atoms with E-state index in [4.69, 9.17) is 9.15 Å². The molecule has 1 amide bonds. The van der Waals surface area contributed by atoms with Crippen molar-refractivity contribution >= 4 is 5.91 Å². The molecule has 0 aliphatic heterocycles. The Labute approximate surface area is 109 Å². The first-order chi connectivity index (χ1) is 9.15. The summed E-state index contributed by atoms with van der Waals surface area (Å²) in [5, 5.41) is 2.56. The van der Waals surface area contributed by atoms with E-state index in [0.29, 0.717) is 11.7 Å². The molecule has 0 aliphatic carbocycles. The second-order valence-electron chi connectivity index (χ2n) is 3.86. The fraction of sp³-hybridized carbons (Fsp3) is 0.231. The van der Waals surface area contributed by atoms with Crippen molar-refractivity contribution in [2.24, 2.45) is 0 Å². The van der Waals surface area contributed by atoms with Gasteiger partial charge in [0.05, 0.1) is 12.7 Å². The summed E-state index contributed by atoms with van der Waals surface area (Å²) in [6.07, 6.45) is 1.57. The Morgan fingerprint density at radius 2 is 2.26 bits per heavy atom. The van der Waals surface area contributed by atoms with Gasteiger partial charge in [0.25, 0.3) is 5.91 Å². The molecule has 5 nitrogen and oxygen atoms in total. The Morgan fingerprint density at radius 1 is 1.47 bits per heavy atom. The first-order valence-electron chi connectivity index (χ1n) is 5.70. The average Bonchev–Trinajstić information content (AvgIpc) is 2.81. The summed E-state index contributed by atoms with van der Waals surface area (Å²) >= 11 is 0. The standard InChI is InChI=1S/C13H13FN2O3/c1-9-6-16-13(19-9)7-15-12(17)8-18-11-5-3-2-4-10(11)14/h2-6H,7-8H2,1H3,(H,15,17). The minimum atomic E-state index is -0.501. The number of rotatable bonds is 5. The van der Waals surface area contributed by atoms with Crippen molar-refractivity contribution in [3.05, 3.63) is 47.9 Å². The van der Waals surface area contributed by atoms with Crippen LogP contribution in [0.5, 0.6) is 5.75 Å². The van der Waals surface area contributed by atoms with Crippen LogP contribution in [-0.4, -0.2) is 17.5 Å². The van der Waals surface area contributed by atoms with Crippen molar-refractivity contribution < 1.29 is 18.3 Å². The summed E-state index contributed by atoms with van der Waals surface area (Å²) < 4.78 is 23.5. The molecule has 2 rings (SSSR count). The lowest BCUT2D eigenvalue weighted by atomic mass is 10.3. The number of oxazole rings is 1. The van der Waals surface area contributed by atoms with E-state index in [1.165, 1.54) is 12.1 Å². The van der Waals surface area contributed by atoms with Gasteiger partial charge in [-0.1, -0.05) is 12.1 Å². The molecule has 1 N–H and O–H groups in total. The number of ether oxygens (including phenoxy) is 1.